The Hall–Kier alpha value is -0.380. The van der Waals surface area contributed by atoms with Gasteiger partial charge in [0.2, 0.25) is 0 Å². The minimum absolute atomic E-state index is 0.00812. The molecule has 0 bridgehead atoms. The van der Waals surface area contributed by atoms with Crippen molar-refractivity contribution in [1.82, 2.24) is 0 Å². The molecule has 4 aliphatic rings. The van der Waals surface area contributed by atoms with Gasteiger partial charge in [-0.2, -0.15) is 0 Å². The highest BCUT2D eigenvalue weighted by molar-refractivity contribution is 5.18. The summed E-state index contributed by atoms with van der Waals surface area (Å²) in [5.74, 6) is 2.29. The average molecular weight is 461 g/mol. The van der Waals surface area contributed by atoms with Crippen LogP contribution in [0, 0.1) is 45.3 Å². The van der Waals surface area contributed by atoms with Gasteiger partial charge >= 0.3 is 0 Å². The van der Waals surface area contributed by atoms with E-state index in [1.54, 1.807) is 0 Å². The topological polar surface area (TPSA) is 60.7 Å². The highest BCUT2D eigenvalue weighted by Crippen LogP contribution is 2.75. The molecule has 0 spiro atoms. The molecule has 3 nitrogen and oxygen atoms in total. The quantitative estimate of drug-likeness (QED) is 0.410. The third-order valence-corrected chi connectivity index (χ3v) is 12.6. The molecule has 4 aliphatic carbocycles. The molecule has 3 N–H and O–H groups in total. The fraction of sp³-hybridized carbons (Fsp3) is 0.933. The number of aliphatic hydroxyl groups is 3. The second-order valence-electron chi connectivity index (χ2n) is 14.3. The Morgan fingerprint density at radius 1 is 0.909 bits per heavy atom. The molecule has 0 aromatic rings. The van der Waals surface area contributed by atoms with E-state index in [4.69, 9.17) is 0 Å². The number of allylic oxidation sites excluding steroid dienone is 1. The van der Waals surface area contributed by atoms with Crippen molar-refractivity contribution in [1.29, 1.82) is 0 Å². The van der Waals surface area contributed by atoms with Gasteiger partial charge in [-0.15, -0.1) is 0 Å². The van der Waals surface area contributed by atoms with Crippen molar-refractivity contribution in [2.75, 3.05) is 6.61 Å². The number of fused-ring (bicyclic) bond motifs is 5. The predicted molar refractivity (Wildman–Crippen MR) is 136 cm³/mol. The van der Waals surface area contributed by atoms with Crippen LogP contribution in [0.4, 0.5) is 0 Å². The van der Waals surface area contributed by atoms with Crippen LogP contribution in [-0.2, 0) is 0 Å². The molecule has 0 aromatic heterocycles. The summed E-state index contributed by atoms with van der Waals surface area (Å²) < 4.78 is 0. The van der Waals surface area contributed by atoms with Gasteiger partial charge in [-0.3, -0.25) is 0 Å². The molecular formula is C30H52O3. The van der Waals surface area contributed by atoms with Crippen LogP contribution < -0.4 is 0 Å². The second kappa shape index (κ2) is 8.34. The zero-order valence-electron chi connectivity index (χ0n) is 22.6. The molecular weight excluding hydrogens is 408 g/mol. The molecule has 9 atom stereocenters. The van der Waals surface area contributed by atoms with Crippen LogP contribution in [0.5, 0.6) is 0 Å². The van der Waals surface area contributed by atoms with E-state index in [1.807, 2.05) is 6.92 Å². The van der Waals surface area contributed by atoms with Crippen molar-refractivity contribution in [2.45, 2.75) is 124 Å². The van der Waals surface area contributed by atoms with Crippen molar-refractivity contribution in [3.05, 3.63) is 11.6 Å². The summed E-state index contributed by atoms with van der Waals surface area (Å²) in [7, 11) is 0. The van der Waals surface area contributed by atoms with Crippen LogP contribution in [0.15, 0.2) is 11.6 Å². The second-order valence-corrected chi connectivity index (χ2v) is 14.3. The molecule has 0 aromatic carbocycles. The maximum atomic E-state index is 11.6. The maximum absolute atomic E-state index is 11.6. The third kappa shape index (κ3) is 3.70. The molecule has 0 amide bonds. The summed E-state index contributed by atoms with van der Waals surface area (Å²) >= 11 is 0. The Kier molecular flexibility index (Phi) is 6.50. The smallest absolute Gasteiger partial charge is 0.0653 e. The molecule has 4 fully saturated rings. The van der Waals surface area contributed by atoms with Crippen LogP contribution in [0.2, 0.25) is 0 Å². The van der Waals surface area contributed by atoms with E-state index < -0.39 is 5.60 Å². The SMILES string of the molecule is C/C(=C\CC[C@](C)(O)[C@H]1CC[C@]2(C)C1CC[C@@H]1[C@@]3(C)CCC(O)C(C)(C)C3CC[C@]12C)CO. The molecule has 0 radical (unpaired) electrons. The van der Waals surface area contributed by atoms with Crippen LogP contribution in [-0.4, -0.2) is 33.6 Å². The number of aliphatic hydroxyl groups excluding tert-OH is 2. The van der Waals surface area contributed by atoms with Crippen molar-refractivity contribution < 1.29 is 15.3 Å². The van der Waals surface area contributed by atoms with Gasteiger partial charge in [0.25, 0.3) is 0 Å². The lowest BCUT2D eigenvalue weighted by atomic mass is 9.35. The van der Waals surface area contributed by atoms with E-state index in [0.717, 1.165) is 37.2 Å². The molecule has 3 unspecified atom stereocenters. The van der Waals surface area contributed by atoms with Crippen molar-refractivity contribution in [2.24, 2.45) is 45.3 Å². The van der Waals surface area contributed by atoms with Gasteiger partial charge < -0.3 is 15.3 Å². The van der Waals surface area contributed by atoms with E-state index in [-0.39, 0.29) is 23.5 Å². The maximum Gasteiger partial charge on any atom is 0.0653 e. The lowest BCUT2D eigenvalue weighted by molar-refractivity contribution is -0.225. The van der Waals surface area contributed by atoms with Crippen molar-refractivity contribution >= 4 is 0 Å². The summed E-state index contributed by atoms with van der Waals surface area (Å²) in [5, 5.41) is 31.8. The van der Waals surface area contributed by atoms with E-state index in [2.05, 4.69) is 47.6 Å². The molecule has 3 heteroatoms. The molecule has 0 aliphatic heterocycles. The van der Waals surface area contributed by atoms with E-state index in [0.29, 0.717) is 28.6 Å². The summed E-state index contributed by atoms with van der Waals surface area (Å²) in [5.41, 5.74) is 1.29. The molecule has 4 saturated carbocycles. The lowest BCUT2D eigenvalue weighted by Crippen LogP contribution is -2.64. The van der Waals surface area contributed by atoms with E-state index in [1.165, 1.54) is 38.5 Å². The van der Waals surface area contributed by atoms with Gasteiger partial charge in [-0.25, -0.2) is 0 Å². The van der Waals surface area contributed by atoms with Crippen molar-refractivity contribution in [3.8, 4) is 0 Å². The number of rotatable bonds is 5. The largest absolute Gasteiger partial charge is 0.393 e. The van der Waals surface area contributed by atoms with Gasteiger partial charge in [0, 0.05) is 0 Å². The fourth-order valence-corrected chi connectivity index (χ4v) is 10.3. The van der Waals surface area contributed by atoms with Gasteiger partial charge in [0.05, 0.1) is 18.3 Å². The fourth-order valence-electron chi connectivity index (χ4n) is 10.3. The minimum atomic E-state index is -0.643. The molecule has 0 heterocycles. The summed E-state index contributed by atoms with van der Waals surface area (Å²) in [4.78, 5) is 0. The average Bonchev–Trinajstić information content (AvgIpc) is 3.10. The zero-order valence-corrected chi connectivity index (χ0v) is 22.6. The number of hydrogen-bond acceptors (Lipinski definition) is 3. The lowest BCUT2D eigenvalue weighted by Gasteiger charge is -2.70. The summed E-state index contributed by atoms with van der Waals surface area (Å²) in [6.45, 7) is 16.6. The monoisotopic (exact) mass is 460 g/mol. The first-order valence-electron chi connectivity index (χ1n) is 13.9. The summed E-state index contributed by atoms with van der Waals surface area (Å²) in [6, 6.07) is 0. The van der Waals surface area contributed by atoms with E-state index >= 15 is 0 Å². The molecule has 4 rings (SSSR count). The Morgan fingerprint density at radius 2 is 1.58 bits per heavy atom. The van der Waals surface area contributed by atoms with Gasteiger partial charge in [-0.1, -0.05) is 46.3 Å². The van der Waals surface area contributed by atoms with Crippen LogP contribution in [0.1, 0.15) is 113 Å². The minimum Gasteiger partial charge on any atom is -0.393 e. The predicted octanol–water partition coefficient (Wildman–Crippen LogP) is 6.50. The Balaban J connectivity index is 1.59. The van der Waals surface area contributed by atoms with Crippen molar-refractivity contribution in [3.63, 3.8) is 0 Å². The normalized spacial score (nSPS) is 49.0. The molecule has 33 heavy (non-hydrogen) atoms. The van der Waals surface area contributed by atoms with E-state index in [9.17, 15) is 15.3 Å². The highest BCUT2D eigenvalue weighted by Gasteiger charge is 2.69. The number of hydrogen-bond donors (Lipinski definition) is 3. The van der Waals surface area contributed by atoms with Crippen LogP contribution >= 0.6 is 0 Å². The Labute approximate surface area is 203 Å². The van der Waals surface area contributed by atoms with Gasteiger partial charge in [-0.05, 0) is 123 Å². The first kappa shape index (κ1) is 25.7. The van der Waals surface area contributed by atoms with Crippen LogP contribution in [0.25, 0.3) is 0 Å². The standard InChI is InChI=1S/C30H52O3/c1-20(19-31)9-8-15-30(7,33)22-12-17-28(5)21(22)10-11-24-27(4)16-14-25(32)26(2,3)23(27)13-18-29(24,28)6/h9,21-25,31-33H,8,10-19H2,1-7H3/b20-9+/t21?,22-,23?,24+,25?,27-,28+,29+,30-/m0/s1. The first-order chi connectivity index (χ1) is 15.2. The first-order valence-corrected chi connectivity index (χ1v) is 13.9. The Morgan fingerprint density at radius 3 is 2.24 bits per heavy atom. The molecule has 0 saturated heterocycles. The third-order valence-electron chi connectivity index (χ3n) is 12.6. The molecule has 190 valence electrons. The van der Waals surface area contributed by atoms with Crippen LogP contribution in [0.3, 0.4) is 0 Å². The summed E-state index contributed by atoms with van der Waals surface area (Å²) in [6.07, 6.45) is 13.1. The Bertz CT molecular complexity index is 769. The van der Waals surface area contributed by atoms with Gasteiger partial charge in [0.15, 0.2) is 0 Å². The highest BCUT2D eigenvalue weighted by atomic mass is 16.3. The van der Waals surface area contributed by atoms with Gasteiger partial charge in [0.1, 0.15) is 0 Å². The zero-order chi connectivity index (χ0) is 24.4.